The highest BCUT2D eigenvalue weighted by atomic mass is 16.2. The lowest BCUT2D eigenvalue weighted by molar-refractivity contribution is -0.133. The fraction of sp³-hybridized carbons (Fsp3) is 0.409. The Labute approximate surface area is 176 Å². The molecule has 8 heteroatoms. The maximum absolute atomic E-state index is 12.5. The predicted octanol–water partition coefficient (Wildman–Crippen LogP) is 1.56. The van der Waals surface area contributed by atoms with Crippen LogP contribution in [0.25, 0.3) is 0 Å². The van der Waals surface area contributed by atoms with E-state index in [1.807, 2.05) is 30.3 Å². The molecule has 0 unspecified atom stereocenters. The summed E-state index contributed by atoms with van der Waals surface area (Å²) in [6.45, 7) is 4.80. The zero-order valence-electron chi connectivity index (χ0n) is 17.4. The lowest BCUT2D eigenvalue weighted by Gasteiger charge is -2.32. The van der Waals surface area contributed by atoms with Crippen molar-refractivity contribution >= 4 is 17.7 Å². The van der Waals surface area contributed by atoms with E-state index in [1.54, 1.807) is 18.0 Å². The predicted molar refractivity (Wildman–Crippen MR) is 112 cm³/mol. The van der Waals surface area contributed by atoms with Crippen molar-refractivity contribution in [1.29, 1.82) is 0 Å². The summed E-state index contributed by atoms with van der Waals surface area (Å²) in [5, 5.41) is 5.44. The molecule has 0 bridgehead atoms. The van der Waals surface area contributed by atoms with Crippen molar-refractivity contribution in [3.63, 3.8) is 0 Å². The Kier molecular flexibility index (Phi) is 7.11. The van der Waals surface area contributed by atoms with Crippen LogP contribution in [0.4, 0.5) is 0 Å². The van der Waals surface area contributed by atoms with Crippen LogP contribution in [0, 0.1) is 6.92 Å². The molecular weight excluding hydrogens is 382 g/mol. The van der Waals surface area contributed by atoms with Gasteiger partial charge < -0.3 is 15.5 Å². The smallest absolute Gasteiger partial charge is 0.254 e. The largest absolute Gasteiger partial charge is 0.348 e. The van der Waals surface area contributed by atoms with E-state index in [4.69, 9.17) is 0 Å². The van der Waals surface area contributed by atoms with Crippen LogP contribution >= 0.6 is 0 Å². The fourth-order valence-corrected chi connectivity index (χ4v) is 3.50. The van der Waals surface area contributed by atoms with Gasteiger partial charge in [0.05, 0.1) is 17.8 Å². The summed E-state index contributed by atoms with van der Waals surface area (Å²) in [4.78, 5) is 46.6. The maximum Gasteiger partial charge on any atom is 0.254 e. The quantitative estimate of drug-likeness (QED) is 0.753. The van der Waals surface area contributed by atoms with Gasteiger partial charge in [-0.15, -0.1) is 0 Å². The van der Waals surface area contributed by atoms with Gasteiger partial charge in [0.25, 0.3) is 5.91 Å². The molecule has 0 spiro atoms. The number of carbonyl (C=O) groups excluding carboxylic acids is 3. The van der Waals surface area contributed by atoms with E-state index >= 15 is 0 Å². The van der Waals surface area contributed by atoms with Gasteiger partial charge >= 0.3 is 0 Å². The van der Waals surface area contributed by atoms with Crippen LogP contribution in [0.2, 0.25) is 0 Å². The fourth-order valence-electron chi connectivity index (χ4n) is 3.50. The molecule has 2 aromatic rings. The van der Waals surface area contributed by atoms with E-state index in [2.05, 4.69) is 20.6 Å². The number of carbonyl (C=O) groups is 3. The zero-order chi connectivity index (χ0) is 21.5. The molecule has 3 rings (SSSR count). The molecule has 0 radical (unpaired) electrons. The molecule has 3 amide bonds. The average molecular weight is 409 g/mol. The van der Waals surface area contributed by atoms with Gasteiger partial charge in [0.15, 0.2) is 0 Å². The SMILES string of the molecule is CC(=O)NCC(=O)N1CCC[C@@H](c2ncc(C(=O)NCc3ccccc3)c(C)n2)C1. The van der Waals surface area contributed by atoms with E-state index in [1.165, 1.54) is 6.92 Å². The molecule has 1 atom stereocenters. The highest BCUT2D eigenvalue weighted by Gasteiger charge is 2.27. The lowest BCUT2D eigenvalue weighted by Crippen LogP contribution is -2.44. The normalized spacial score (nSPS) is 16.1. The Morgan fingerprint density at radius 3 is 2.63 bits per heavy atom. The molecule has 1 aliphatic rings. The summed E-state index contributed by atoms with van der Waals surface area (Å²) in [5.74, 6) is 0.114. The summed E-state index contributed by atoms with van der Waals surface area (Å²) >= 11 is 0. The molecular formula is C22H27N5O3. The Morgan fingerprint density at radius 2 is 1.93 bits per heavy atom. The topological polar surface area (TPSA) is 104 Å². The van der Waals surface area contributed by atoms with Crippen molar-refractivity contribution < 1.29 is 14.4 Å². The van der Waals surface area contributed by atoms with Crippen molar-refractivity contribution in [2.24, 2.45) is 0 Å². The van der Waals surface area contributed by atoms with Crippen molar-refractivity contribution in [3.05, 3.63) is 59.2 Å². The lowest BCUT2D eigenvalue weighted by atomic mass is 9.96. The maximum atomic E-state index is 12.5. The third kappa shape index (κ3) is 5.62. The number of aromatic nitrogens is 2. The summed E-state index contributed by atoms with van der Waals surface area (Å²) in [6, 6.07) is 9.70. The third-order valence-electron chi connectivity index (χ3n) is 5.17. The summed E-state index contributed by atoms with van der Waals surface area (Å²) in [7, 11) is 0. The van der Waals surface area contributed by atoms with Crippen LogP contribution in [-0.4, -0.2) is 52.2 Å². The van der Waals surface area contributed by atoms with Gasteiger partial charge in [0.1, 0.15) is 5.82 Å². The average Bonchev–Trinajstić information content (AvgIpc) is 2.76. The number of rotatable bonds is 6. The molecule has 1 aromatic carbocycles. The number of hydrogen-bond acceptors (Lipinski definition) is 5. The number of likely N-dealkylation sites (tertiary alicyclic amines) is 1. The van der Waals surface area contributed by atoms with Crippen molar-refractivity contribution in [1.82, 2.24) is 25.5 Å². The van der Waals surface area contributed by atoms with E-state index < -0.39 is 0 Å². The summed E-state index contributed by atoms with van der Waals surface area (Å²) < 4.78 is 0. The van der Waals surface area contributed by atoms with Crippen molar-refractivity contribution in [2.45, 2.75) is 39.2 Å². The van der Waals surface area contributed by atoms with E-state index in [9.17, 15) is 14.4 Å². The number of amides is 3. The number of piperidine rings is 1. The Morgan fingerprint density at radius 1 is 1.17 bits per heavy atom. The molecule has 158 valence electrons. The Bertz CT molecular complexity index is 916. The number of hydrogen-bond donors (Lipinski definition) is 2. The second-order valence-electron chi connectivity index (χ2n) is 7.48. The molecule has 2 heterocycles. The van der Waals surface area contributed by atoms with Gasteiger partial charge in [-0.2, -0.15) is 0 Å². The minimum atomic E-state index is -0.225. The molecule has 0 aliphatic carbocycles. The molecule has 1 fully saturated rings. The first-order valence-corrected chi connectivity index (χ1v) is 10.1. The van der Waals surface area contributed by atoms with E-state index in [0.29, 0.717) is 36.7 Å². The highest BCUT2D eigenvalue weighted by molar-refractivity contribution is 5.94. The van der Waals surface area contributed by atoms with Gasteiger partial charge in [0.2, 0.25) is 11.8 Å². The molecule has 30 heavy (non-hydrogen) atoms. The first kappa shape index (κ1) is 21.4. The first-order chi connectivity index (χ1) is 14.4. The Hall–Kier alpha value is -3.29. The van der Waals surface area contributed by atoms with Crippen LogP contribution in [0.5, 0.6) is 0 Å². The number of nitrogens with zero attached hydrogens (tertiary/aromatic N) is 3. The Balaban J connectivity index is 1.62. The first-order valence-electron chi connectivity index (χ1n) is 10.1. The standard InChI is InChI=1S/C22H27N5O3/c1-15-19(22(30)25-11-17-7-4-3-5-8-17)12-24-21(26-15)18-9-6-10-27(14-18)20(29)13-23-16(2)28/h3-5,7-8,12,18H,6,9-11,13-14H2,1-2H3,(H,23,28)(H,25,30)/t18-/m1/s1. The highest BCUT2D eigenvalue weighted by Crippen LogP contribution is 2.25. The van der Waals surface area contributed by atoms with Crippen LogP contribution in [0.15, 0.2) is 36.5 Å². The summed E-state index contributed by atoms with van der Waals surface area (Å²) in [5.41, 5.74) is 2.09. The van der Waals surface area contributed by atoms with Gasteiger partial charge in [0, 0.05) is 38.7 Å². The third-order valence-corrected chi connectivity index (χ3v) is 5.17. The van der Waals surface area contributed by atoms with Gasteiger partial charge in [-0.1, -0.05) is 30.3 Å². The molecule has 1 aromatic heterocycles. The second-order valence-corrected chi connectivity index (χ2v) is 7.48. The molecule has 8 nitrogen and oxygen atoms in total. The second kappa shape index (κ2) is 9.96. The number of nitrogens with one attached hydrogen (secondary N) is 2. The summed E-state index contributed by atoms with van der Waals surface area (Å²) in [6.07, 6.45) is 3.29. The van der Waals surface area contributed by atoms with Crippen LogP contribution < -0.4 is 10.6 Å². The minimum absolute atomic E-state index is 0.00244. The molecule has 0 saturated carbocycles. The van der Waals surface area contributed by atoms with Crippen molar-refractivity contribution in [2.75, 3.05) is 19.6 Å². The van der Waals surface area contributed by atoms with Gasteiger partial charge in [-0.05, 0) is 25.3 Å². The van der Waals surface area contributed by atoms with Crippen LogP contribution in [-0.2, 0) is 16.1 Å². The zero-order valence-corrected chi connectivity index (χ0v) is 17.4. The van der Waals surface area contributed by atoms with E-state index in [-0.39, 0.29) is 30.2 Å². The van der Waals surface area contributed by atoms with Crippen molar-refractivity contribution in [3.8, 4) is 0 Å². The number of aryl methyl sites for hydroxylation is 1. The molecule has 1 saturated heterocycles. The number of benzene rings is 1. The van der Waals surface area contributed by atoms with Crippen LogP contribution in [0.3, 0.4) is 0 Å². The van der Waals surface area contributed by atoms with Gasteiger partial charge in [-0.25, -0.2) is 9.97 Å². The minimum Gasteiger partial charge on any atom is -0.348 e. The molecule has 2 N–H and O–H groups in total. The van der Waals surface area contributed by atoms with Gasteiger partial charge in [-0.3, -0.25) is 14.4 Å². The van der Waals surface area contributed by atoms with E-state index in [0.717, 1.165) is 18.4 Å². The van der Waals surface area contributed by atoms with Crippen LogP contribution in [0.1, 0.15) is 53.1 Å². The molecule has 1 aliphatic heterocycles. The monoisotopic (exact) mass is 409 g/mol.